The summed E-state index contributed by atoms with van der Waals surface area (Å²) < 4.78 is 0. The molecular weight excluding hydrogens is 204 g/mol. The summed E-state index contributed by atoms with van der Waals surface area (Å²) >= 11 is 0. The summed E-state index contributed by atoms with van der Waals surface area (Å²) in [5, 5.41) is 0. The van der Waals surface area contributed by atoms with Gasteiger partial charge in [0.25, 0.3) is 0 Å². The topological polar surface area (TPSA) is 0 Å². The summed E-state index contributed by atoms with van der Waals surface area (Å²) in [6.45, 7) is 0. The fourth-order valence-corrected chi connectivity index (χ4v) is 3.68. The molecular formula is C17H30. The van der Waals surface area contributed by atoms with Crippen molar-refractivity contribution in [2.75, 3.05) is 0 Å². The minimum absolute atomic E-state index is 1.10. The van der Waals surface area contributed by atoms with Gasteiger partial charge in [-0.25, -0.2) is 0 Å². The average molecular weight is 234 g/mol. The van der Waals surface area contributed by atoms with E-state index in [1.807, 2.05) is 0 Å². The van der Waals surface area contributed by atoms with Gasteiger partial charge in [0.2, 0.25) is 0 Å². The van der Waals surface area contributed by atoms with E-state index in [1.165, 1.54) is 64.2 Å². The van der Waals surface area contributed by atoms with Crippen molar-refractivity contribution in [1.82, 2.24) is 0 Å². The van der Waals surface area contributed by atoms with Crippen molar-refractivity contribution in [2.24, 2.45) is 11.8 Å². The molecule has 98 valence electrons. The Morgan fingerprint density at radius 2 is 1.06 bits per heavy atom. The number of allylic oxidation sites excluding steroid dienone is 2. The number of hydrogen-bond donors (Lipinski definition) is 0. The lowest BCUT2D eigenvalue weighted by atomic mass is 9.95. The molecule has 2 aliphatic rings. The molecule has 0 heteroatoms. The number of hydrogen-bond acceptors (Lipinski definition) is 0. The van der Waals surface area contributed by atoms with E-state index < -0.39 is 0 Å². The highest BCUT2D eigenvalue weighted by Crippen LogP contribution is 2.37. The van der Waals surface area contributed by atoms with Gasteiger partial charge in [-0.15, -0.1) is 0 Å². The van der Waals surface area contributed by atoms with E-state index in [1.54, 1.807) is 19.3 Å². The molecule has 1 fully saturated rings. The third-order valence-electron chi connectivity index (χ3n) is 4.78. The molecule has 0 saturated heterocycles. The summed E-state index contributed by atoms with van der Waals surface area (Å²) in [5.41, 5.74) is 0. The van der Waals surface area contributed by atoms with Crippen LogP contribution in [-0.4, -0.2) is 0 Å². The zero-order valence-electron chi connectivity index (χ0n) is 11.5. The minimum atomic E-state index is 1.10. The van der Waals surface area contributed by atoms with Gasteiger partial charge >= 0.3 is 0 Å². The molecule has 0 N–H and O–H groups in total. The van der Waals surface area contributed by atoms with Crippen molar-refractivity contribution in [3.8, 4) is 0 Å². The fraction of sp³-hybridized carbons (Fsp3) is 0.882. The lowest BCUT2D eigenvalue weighted by Crippen LogP contribution is -1.97. The molecule has 0 spiro atoms. The maximum atomic E-state index is 2.42. The Morgan fingerprint density at radius 1 is 0.529 bits per heavy atom. The van der Waals surface area contributed by atoms with Crippen LogP contribution < -0.4 is 0 Å². The summed E-state index contributed by atoms with van der Waals surface area (Å²) in [4.78, 5) is 0. The van der Waals surface area contributed by atoms with E-state index in [0.29, 0.717) is 0 Å². The third-order valence-corrected chi connectivity index (χ3v) is 4.78. The summed E-state index contributed by atoms with van der Waals surface area (Å²) in [6.07, 6.45) is 24.0. The van der Waals surface area contributed by atoms with Crippen LogP contribution in [0.15, 0.2) is 12.2 Å². The van der Waals surface area contributed by atoms with Crippen molar-refractivity contribution < 1.29 is 0 Å². The van der Waals surface area contributed by atoms with Crippen molar-refractivity contribution in [2.45, 2.75) is 83.5 Å². The normalized spacial score (nSPS) is 34.8. The molecule has 0 radical (unpaired) electrons. The second-order valence-electron chi connectivity index (χ2n) is 6.29. The van der Waals surface area contributed by atoms with E-state index in [9.17, 15) is 0 Å². The van der Waals surface area contributed by atoms with Crippen molar-refractivity contribution in [3.63, 3.8) is 0 Å². The van der Waals surface area contributed by atoms with E-state index in [-0.39, 0.29) is 0 Å². The van der Waals surface area contributed by atoms with Crippen LogP contribution in [0.25, 0.3) is 0 Å². The molecule has 0 aromatic rings. The van der Waals surface area contributed by atoms with Crippen LogP contribution >= 0.6 is 0 Å². The molecule has 2 unspecified atom stereocenters. The summed E-state index contributed by atoms with van der Waals surface area (Å²) in [6, 6.07) is 0. The van der Waals surface area contributed by atoms with Gasteiger partial charge in [-0.1, -0.05) is 63.5 Å². The predicted molar refractivity (Wildman–Crippen MR) is 76.1 cm³/mol. The van der Waals surface area contributed by atoms with E-state index >= 15 is 0 Å². The van der Waals surface area contributed by atoms with Crippen LogP contribution in [0, 0.1) is 11.8 Å². The van der Waals surface area contributed by atoms with E-state index in [0.717, 1.165) is 11.8 Å². The monoisotopic (exact) mass is 234 g/mol. The lowest BCUT2D eigenvalue weighted by molar-refractivity contribution is 0.419. The van der Waals surface area contributed by atoms with Crippen LogP contribution in [0.4, 0.5) is 0 Å². The van der Waals surface area contributed by atoms with Crippen LogP contribution in [-0.2, 0) is 0 Å². The van der Waals surface area contributed by atoms with Crippen LogP contribution in [0.3, 0.4) is 0 Å². The Morgan fingerprint density at radius 3 is 1.59 bits per heavy atom. The molecule has 0 aliphatic heterocycles. The summed E-state index contributed by atoms with van der Waals surface area (Å²) in [7, 11) is 0. The number of fused-ring (bicyclic) bond motifs is 2. The average Bonchev–Trinajstić information content (AvgIpc) is 2.77. The zero-order chi connectivity index (χ0) is 11.8. The molecule has 0 heterocycles. The van der Waals surface area contributed by atoms with Crippen molar-refractivity contribution in [3.05, 3.63) is 12.2 Å². The van der Waals surface area contributed by atoms with Crippen LogP contribution in [0.2, 0.25) is 0 Å². The maximum Gasteiger partial charge on any atom is -0.0351 e. The molecule has 0 aromatic heterocycles. The fourth-order valence-electron chi connectivity index (χ4n) is 3.68. The molecule has 1 saturated carbocycles. The standard InChI is InChI=1S/C17H30/c1-2-4-6-8-10-12-17-14-13-16(15-17)11-9-7-5-3-1/h1-2,16-17H,3-15H2/b2-1-. The Hall–Kier alpha value is -0.260. The van der Waals surface area contributed by atoms with Gasteiger partial charge in [0.05, 0.1) is 0 Å². The molecule has 0 amide bonds. The van der Waals surface area contributed by atoms with Gasteiger partial charge in [-0.05, 0) is 43.9 Å². The zero-order valence-corrected chi connectivity index (χ0v) is 11.5. The molecule has 2 aliphatic carbocycles. The SMILES string of the molecule is C1=C\CCCCCC2CCC(CCCCC/1)C2. The minimum Gasteiger partial charge on any atom is -0.0885 e. The highest BCUT2D eigenvalue weighted by Gasteiger charge is 2.23. The maximum absolute atomic E-state index is 2.42. The molecule has 2 atom stereocenters. The van der Waals surface area contributed by atoms with Gasteiger partial charge in [0, 0.05) is 0 Å². The van der Waals surface area contributed by atoms with E-state index in [4.69, 9.17) is 0 Å². The highest BCUT2D eigenvalue weighted by atomic mass is 14.3. The van der Waals surface area contributed by atoms with E-state index in [2.05, 4.69) is 12.2 Å². The second-order valence-corrected chi connectivity index (χ2v) is 6.29. The van der Waals surface area contributed by atoms with Gasteiger partial charge in [0.15, 0.2) is 0 Å². The Labute approximate surface area is 108 Å². The number of rotatable bonds is 0. The first-order valence-electron chi connectivity index (χ1n) is 8.10. The van der Waals surface area contributed by atoms with Gasteiger partial charge < -0.3 is 0 Å². The highest BCUT2D eigenvalue weighted by molar-refractivity contribution is 4.82. The first-order valence-corrected chi connectivity index (χ1v) is 8.10. The molecule has 2 bridgehead atoms. The lowest BCUT2D eigenvalue weighted by Gasteiger charge is -2.11. The smallest absolute Gasteiger partial charge is 0.0351 e. The van der Waals surface area contributed by atoms with Crippen LogP contribution in [0.1, 0.15) is 83.5 Å². The molecule has 17 heavy (non-hydrogen) atoms. The first kappa shape index (κ1) is 13.2. The van der Waals surface area contributed by atoms with Gasteiger partial charge in [0.1, 0.15) is 0 Å². The van der Waals surface area contributed by atoms with Crippen LogP contribution in [0.5, 0.6) is 0 Å². The van der Waals surface area contributed by atoms with Gasteiger partial charge in [-0.3, -0.25) is 0 Å². The molecule has 0 aromatic carbocycles. The first-order chi connectivity index (χ1) is 8.45. The predicted octanol–water partition coefficient (Wildman–Crippen LogP) is 5.87. The quantitative estimate of drug-likeness (QED) is 0.460. The van der Waals surface area contributed by atoms with Gasteiger partial charge in [-0.2, -0.15) is 0 Å². The molecule has 2 rings (SSSR count). The van der Waals surface area contributed by atoms with Crippen molar-refractivity contribution in [1.29, 1.82) is 0 Å². The third kappa shape index (κ3) is 5.27. The Balaban J connectivity index is 1.72. The Bertz CT molecular complexity index is 194. The second kappa shape index (κ2) is 7.95. The largest absolute Gasteiger partial charge is 0.0885 e. The Kier molecular flexibility index (Phi) is 6.16. The summed E-state index contributed by atoms with van der Waals surface area (Å²) in [5.74, 6) is 2.20. The molecule has 0 nitrogen and oxygen atoms in total. The van der Waals surface area contributed by atoms with Crippen molar-refractivity contribution >= 4 is 0 Å².